The molecule has 0 aliphatic carbocycles. The fourth-order valence-corrected chi connectivity index (χ4v) is 1.87. The second-order valence-electron chi connectivity index (χ2n) is 3.73. The Labute approximate surface area is 112 Å². The second-order valence-corrected chi connectivity index (χ2v) is 3.73. The highest BCUT2D eigenvalue weighted by Gasteiger charge is 2.23. The second kappa shape index (κ2) is 6.35. The Morgan fingerprint density at radius 3 is 2.72 bits per heavy atom. The quantitative estimate of drug-likeness (QED) is 0.918. The van der Waals surface area contributed by atoms with Crippen molar-refractivity contribution in [2.75, 3.05) is 20.8 Å². The van der Waals surface area contributed by atoms with Gasteiger partial charge in [-0.2, -0.15) is 0 Å². The summed E-state index contributed by atoms with van der Waals surface area (Å²) in [4.78, 5) is 11.2. The number of carbonyl (C=O) groups excluding carboxylic acids is 1. The van der Waals surface area contributed by atoms with Gasteiger partial charge in [0.1, 0.15) is 11.5 Å². The van der Waals surface area contributed by atoms with Crippen LogP contribution in [-0.4, -0.2) is 26.9 Å². The Kier molecular flexibility index (Phi) is 5.09. The van der Waals surface area contributed by atoms with E-state index in [2.05, 4.69) is 5.32 Å². The maximum absolute atomic E-state index is 11.2. The molecular weight excluding hydrogens is 258 g/mol. The van der Waals surface area contributed by atoms with Crippen molar-refractivity contribution >= 4 is 18.5 Å². The average molecular weight is 274 g/mol. The van der Waals surface area contributed by atoms with Crippen molar-refractivity contribution in [3.8, 4) is 11.5 Å². The Bertz CT molecular complexity index is 425. The Morgan fingerprint density at radius 1 is 1.33 bits per heavy atom. The van der Waals surface area contributed by atoms with Gasteiger partial charge in [0.15, 0.2) is 0 Å². The Balaban J connectivity index is 0.00000162. The van der Waals surface area contributed by atoms with Crippen LogP contribution in [-0.2, 0) is 4.74 Å². The van der Waals surface area contributed by atoms with Gasteiger partial charge in [-0.05, 0) is 12.1 Å². The molecule has 1 fully saturated rings. The molecule has 1 atom stereocenters. The van der Waals surface area contributed by atoms with Crippen molar-refractivity contribution in [3.63, 3.8) is 0 Å². The van der Waals surface area contributed by atoms with Crippen LogP contribution in [0.3, 0.4) is 0 Å². The van der Waals surface area contributed by atoms with Crippen LogP contribution in [0.25, 0.3) is 0 Å². The number of nitrogens with one attached hydrogen (secondary N) is 1. The van der Waals surface area contributed by atoms with E-state index in [9.17, 15) is 4.79 Å². The maximum Gasteiger partial charge on any atom is 0.407 e. The molecule has 18 heavy (non-hydrogen) atoms. The van der Waals surface area contributed by atoms with Gasteiger partial charge in [0.05, 0.1) is 26.9 Å². The zero-order chi connectivity index (χ0) is 12.3. The molecule has 6 heteroatoms. The summed E-state index contributed by atoms with van der Waals surface area (Å²) in [5, 5.41) is 2.76. The van der Waals surface area contributed by atoms with Crippen molar-refractivity contribution in [1.82, 2.24) is 5.32 Å². The smallest absolute Gasteiger partial charge is 0.407 e. The number of alkyl carbamates (subject to hydrolysis) is 1. The number of hydrogen-bond acceptors (Lipinski definition) is 4. The minimum Gasteiger partial charge on any atom is -0.497 e. The summed E-state index contributed by atoms with van der Waals surface area (Å²) in [7, 11) is 3.20. The summed E-state index contributed by atoms with van der Waals surface area (Å²) in [5.41, 5.74) is 0.935. The van der Waals surface area contributed by atoms with Crippen molar-refractivity contribution in [2.45, 2.75) is 12.5 Å². The van der Waals surface area contributed by atoms with Crippen LogP contribution in [0.5, 0.6) is 11.5 Å². The first-order valence-corrected chi connectivity index (χ1v) is 5.40. The lowest BCUT2D eigenvalue weighted by Gasteiger charge is -2.25. The van der Waals surface area contributed by atoms with Crippen molar-refractivity contribution in [2.24, 2.45) is 0 Å². The molecule has 1 aromatic rings. The molecule has 1 saturated heterocycles. The van der Waals surface area contributed by atoms with E-state index in [1.807, 2.05) is 12.1 Å². The fraction of sp³-hybridized carbons (Fsp3) is 0.417. The van der Waals surface area contributed by atoms with E-state index in [1.165, 1.54) is 0 Å². The predicted molar refractivity (Wildman–Crippen MR) is 68.6 cm³/mol. The summed E-state index contributed by atoms with van der Waals surface area (Å²) in [6.07, 6.45) is 0.341. The number of benzene rings is 1. The van der Waals surface area contributed by atoms with E-state index < -0.39 is 0 Å². The minimum absolute atomic E-state index is 0. The van der Waals surface area contributed by atoms with Gasteiger partial charge in [0.2, 0.25) is 0 Å². The standard InChI is InChI=1S/C12H15NO4.ClH/c1-15-8-3-4-9(11(7-8)16-2)10-5-6-17-12(14)13-10;/h3-4,7,10H,5-6H2,1-2H3,(H,13,14);1H/t10-;/m0./s1. The average Bonchev–Trinajstić information content (AvgIpc) is 2.38. The molecule has 1 N–H and O–H groups in total. The molecule has 5 nitrogen and oxygen atoms in total. The van der Waals surface area contributed by atoms with Gasteiger partial charge in [0.25, 0.3) is 0 Å². The number of hydrogen-bond donors (Lipinski definition) is 1. The highest BCUT2D eigenvalue weighted by atomic mass is 35.5. The first kappa shape index (κ1) is 14.4. The molecule has 0 unspecified atom stereocenters. The van der Waals surface area contributed by atoms with Gasteiger partial charge < -0.3 is 19.5 Å². The van der Waals surface area contributed by atoms with E-state index in [1.54, 1.807) is 20.3 Å². The predicted octanol–water partition coefficient (Wildman–Crippen LogP) is 2.30. The van der Waals surface area contributed by atoms with Crippen LogP contribution in [0.1, 0.15) is 18.0 Å². The molecule has 1 aliphatic heterocycles. The summed E-state index contributed by atoms with van der Waals surface area (Å²) in [6.45, 7) is 0.422. The number of cyclic esters (lactones) is 1. The summed E-state index contributed by atoms with van der Waals surface area (Å²) >= 11 is 0. The molecule has 0 saturated carbocycles. The van der Waals surface area contributed by atoms with Gasteiger partial charge in [-0.15, -0.1) is 12.4 Å². The number of amides is 1. The maximum atomic E-state index is 11.2. The van der Waals surface area contributed by atoms with Gasteiger partial charge in [0, 0.05) is 18.1 Å². The van der Waals surface area contributed by atoms with Crippen molar-refractivity contribution < 1.29 is 19.0 Å². The highest BCUT2D eigenvalue weighted by Crippen LogP contribution is 2.32. The third kappa shape index (κ3) is 2.98. The number of carbonyl (C=O) groups is 1. The first-order valence-electron chi connectivity index (χ1n) is 5.40. The highest BCUT2D eigenvalue weighted by molar-refractivity contribution is 5.85. The molecular formula is C12H16ClNO4. The zero-order valence-corrected chi connectivity index (χ0v) is 11.1. The van der Waals surface area contributed by atoms with E-state index in [0.717, 1.165) is 17.7 Å². The van der Waals surface area contributed by atoms with Crippen LogP contribution in [0, 0.1) is 0 Å². The molecule has 1 amide bonds. The Morgan fingerprint density at radius 2 is 2.11 bits per heavy atom. The largest absolute Gasteiger partial charge is 0.497 e. The van der Waals surface area contributed by atoms with E-state index in [-0.39, 0.29) is 24.5 Å². The molecule has 1 aromatic carbocycles. The summed E-state index contributed by atoms with van der Waals surface area (Å²) < 4.78 is 15.3. The number of halogens is 1. The molecule has 100 valence electrons. The minimum atomic E-state index is -0.390. The van der Waals surface area contributed by atoms with Crippen molar-refractivity contribution in [1.29, 1.82) is 0 Å². The van der Waals surface area contributed by atoms with Crippen molar-refractivity contribution in [3.05, 3.63) is 23.8 Å². The van der Waals surface area contributed by atoms with Crippen LogP contribution in [0.2, 0.25) is 0 Å². The van der Waals surface area contributed by atoms with E-state index in [4.69, 9.17) is 14.2 Å². The topological polar surface area (TPSA) is 56.8 Å². The third-order valence-electron chi connectivity index (χ3n) is 2.75. The fourth-order valence-electron chi connectivity index (χ4n) is 1.87. The lowest BCUT2D eigenvalue weighted by molar-refractivity contribution is 0.115. The zero-order valence-electron chi connectivity index (χ0n) is 10.3. The summed E-state index contributed by atoms with van der Waals surface area (Å²) in [6, 6.07) is 5.47. The van der Waals surface area contributed by atoms with Gasteiger partial charge in [-0.3, -0.25) is 0 Å². The van der Waals surface area contributed by atoms with Gasteiger partial charge >= 0.3 is 6.09 Å². The SMILES string of the molecule is COc1ccc([C@@H]2CCOC(=O)N2)c(OC)c1.Cl. The summed E-state index contributed by atoms with van der Waals surface area (Å²) in [5.74, 6) is 1.43. The number of rotatable bonds is 3. The van der Waals surface area contributed by atoms with Crippen LogP contribution >= 0.6 is 12.4 Å². The lowest BCUT2D eigenvalue weighted by Crippen LogP contribution is -2.35. The van der Waals surface area contributed by atoms with E-state index >= 15 is 0 Å². The molecule has 2 rings (SSSR count). The Hall–Kier alpha value is -1.62. The van der Waals surface area contributed by atoms with Crippen LogP contribution in [0.15, 0.2) is 18.2 Å². The monoisotopic (exact) mass is 273 g/mol. The van der Waals surface area contributed by atoms with Crippen LogP contribution in [0.4, 0.5) is 4.79 Å². The van der Waals surface area contributed by atoms with Gasteiger partial charge in [-0.1, -0.05) is 0 Å². The first-order chi connectivity index (χ1) is 8.24. The molecule has 0 spiro atoms. The third-order valence-corrected chi connectivity index (χ3v) is 2.75. The molecule has 1 aliphatic rings. The van der Waals surface area contributed by atoms with Gasteiger partial charge in [-0.25, -0.2) is 4.79 Å². The molecule has 0 bridgehead atoms. The van der Waals surface area contributed by atoms with Crippen LogP contribution < -0.4 is 14.8 Å². The molecule has 0 radical (unpaired) electrons. The van der Waals surface area contributed by atoms with E-state index in [0.29, 0.717) is 12.4 Å². The number of methoxy groups -OCH3 is 2. The number of ether oxygens (including phenoxy) is 3. The molecule has 0 aromatic heterocycles. The normalized spacial score (nSPS) is 18.1. The lowest BCUT2D eigenvalue weighted by atomic mass is 10.0. The molecule has 1 heterocycles.